The van der Waals surface area contributed by atoms with E-state index >= 15 is 0 Å². The van der Waals surface area contributed by atoms with Crippen molar-refractivity contribution in [3.63, 3.8) is 0 Å². The van der Waals surface area contributed by atoms with Gasteiger partial charge in [-0.1, -0.05) is 48.5 Å². The summed E-state index contributed by atoms with van der Waals surface area (Å²) >= 11 is 0. The van der Waals surface area contributed by atoms with E-state index in [9.17, 15) is 9.18 Å². The molecule has 1 N–H and O–H groups in total. The fourth-order valence-corrected chi connectivity index (χ4v) is 2.57. The lowest BCUT2D eigenvalue weighted by molar-refractivity contribution is -0.136. The molecule has 0 aromatic heterocycles. The van der Waals surface area contributed by atoms with Gasteiger partial charge in [0, 0.05) is 0 Å². The predicted octanol–water partition coefficient (Wildman–Crippen LogP) is 4.70. The molecule has 0 heterocycles. The number of ether oxygens (including phenoxy) is 1. The molecule has 25 heavy (non-hydrogen) atoms. The molecule has 0 saturated carbocycles. The van der Waals surface area contributed by atoms with Crippen LogP contribution in [0, 0.1) is 5.82 Å². The van der Waals surface area contributed by atoms with Crippen molar-refractivity contribution in [1.29, 1.82) is 0 Å². The molecular weight excluding hydrogens is 319 g/mol. The number of aliphatic carboxylic acids is 1. The minimum Gasteiger partial charge on any atom is -0.489 e. The summed E-state index contributed by atoms with van der Waals surface area (Å²) in [6.45, 7) is 0.389. The Kier molecular flexibility index (Phi) is 5.09. The average Bonchev–Trinajstić information content (AvgIpc) is 2.61. The lowest BCUT2D eigenvalue weighted by atomic mass is 10.0. The van der Waals surface area contributed by atoms with Gasteiger partial charge in [0.15, 0.2) is 0 Å². The van der Waals surface area contributed by atoms with Crippen molar-refractivity contribution in [3.05, 3.63) is 89.7 Å². The van der Waals surface area contributed by atoms with Crippen molar-refractivity contribution in [2.45, 2.75) is 13.0 Å². The highest BCUT2D eigenvalue weighted by Crippen LogP contribution is 2.27. The Bertz CT molecular complexity index is 858. The first-order chi connectivity index (χ1) is 12.1. The van der Waals surface area contributed by atoms with Gasteiger partial charge < -0.3 is 9.84 Å². The molecule has 3 rings (SSSR count). The quantitative estimate of drug-likeness (QED) is 0.710. The monoisotopic (exact) mass is 336 g/mol. The fourth-order valence-electron chi connectivity index (χ4n) is 2.57. The third kappa shape index (κ3) is 4.67. The standard InChI is InChI=1S/C21H17FO3/c22-19-8-6-17(7-9-19)18-10-16(12-21(23)24)11-20(13-18)25-14-15-4-2-1-3-5-15/h1-11,13H,12,14H2,(H,23,24). The number of carboxylic acids is 1. The molecule has 0 bridgehead atoms. The highest BCUT2D eigenvalue weighted by molar-refractivity contribution is 5.73. The first kappa shape index (κ1) is 16.7. The van der Waals surface area contributed by atoms with Gasteiger partial charge in [-0.3, -0.25) is 4.79 Å². The van der Waals surface area contributed by atoms with Gasteiger partial charge >= 0.3 is 5.97 Å². The Morgan fingerprint density at radius 1 is 0.880 bits per heavy atom. The summed E-state index contributed by atoms with van der Waals surface area (Å²) < 4.78 is 19.0. The van der Waals surface area contributed by atoms with Gasteiger partial charge in [-0.2, -0.15) is 0 Å². The Morgan fingerprint density at radius 2 is 1.60 bits per heavy atom. The van der Waals surface area contributed by atoms with Crippen LogP contribution in [0.4, 0.5) is 4.39 Å². The Hall–Kier alpha value is -3.14. The molecule has 0 spiro atoms. The molecule has 0 unspecified atom stereocenters. The molecule has 0 aliphatic carbocycles. The zero-order valence-corrected chi connectivity index (χ0v) is 13.5. The van der Waals surface area contributed by atoms with Crippen LogP contribution >= 0.6 is 0 Å². The summed E-state index contributed by atoms with van der Waals surface area (Å²) in [5, 5.41) is 9.07. The van der Waals surface area contributed by atoms with Crippen molar-refractivity contribution < 1.29 is 19.0 Å². The molecule has 4 heteroatoms. The van der Waals surface area contributed by atoms with Crippen LogP contribution in [0.2, 0.25) is 0 Å². The van der Waals surface area contributed by atoms with E-state index in [1.165, 1.54) is 12.1 Å². The summed E-state index contributed by atoms with van der Waals surface area (Å²) in [5.74, 6) is -0.641. The van der Waals surface area contributed by atoms with Crippen LogP contribution < -0.4 is 4.74 Å². The Labute approximate surface area is 145 Å². The Balaban J connectivity index is 1.89. The van der Waals surface area contributed by atoms with Gasteiger partial charge in [0.05, 0.1) is 6.42 Å². The second-order valence-corrected chi connectivity index (χ2v) is 5.72. The van der Waals surface area contributed by atoms with Crippen molar-refractivity contribution in [2.75, 3.05) is 0 Å². The van der Waals surface area contributed by atoms with E-state index in [0.717, 1.165) is 16.7 Å². The molecule has 0 saturated heterocycles. The zero-order valence-electron chi connectivity index (χ0n) is 13.5. The van der Waals surface area contributed by atoms with E-state index in [1.807, 2.05) is 36.4 Å². The summed E-state index contributed by atoms with van der Waals surface area (Å²) in [4.78, 5) is 11.1. The largest absolute Gasteiger partial charge is 0.489 e. The summed E-state index contributed by atoms with van der Waals surface area (Å²) in [5.41, 5.74) is 3.26. The van der Waals surface area contributed by atoms with Gasteiger partial charge in [-0.15, -0.1) is 0 Å². The van der Waals surface area contributed by atoms with Crippen molar-refractivity contribution in [1.82, 2.24) is 0 Å². The van der Waals surface area contributed by atoms with Crippen molar-refractivity contribution >= 4 is 5.97 Å². The second-order valence-electron chi connectivity index (χ2n) is 5.72. The maximum Gasteiger partial charge on any atom is 0.307 e. The molecule has 0 radical (unpaired) electrons. The van der Waals surface area contributed by atoms with Crippen molar-refractivity contribution in [3.8, 4) is 16.9 Å². The van der Waals surface area contributed by atoms with E-state index < -0.39 is 5.97 Å². The molecule has 0 amide bonds. The van der Waals surface area contributed by atoms with E-state index in [1.54, 1.807) is 24.3 Å². The maximum absolute atomic E-state index is 13.1. The molecule has 126 valence electrons. The molecule has 3 nitrogen and oxygen atoms in total. The van der Waals surface area contributed by atoms with Crippen LogP contribution in [0.1, 0.15) is 11.1 Å². The smallest absolute Gasteiger partial charge is 0.307 e. The van der Waals surface area contributed by atoms with Crippen LogP contribution in [0.25, 0.3) is 11.1 Å². The third-order valence-corrected chi connectivity index (χ3v) is 3.75. The number of carbonyl (C=O) groups is 1. The van der Waals surface area contributed by atoms with E-state index in [2.05, 4.69) is 0 Å². The number of hydrogen-bond donors (Lipinski definition) is 1. The van der Waals surface area contributed by atoms with Gasteiger partial charge in [0.1, 0.15) is 18.2 Å². The first-order valence-corrected chi connectivity index (χ1v) is 7.88. The number of halogens is 1. The van der Waals surface area contributed by atoms with Gasteiger partial charge in [0.25, 0.3) is 0 Å². The van der Waals surface area contributed by atoms with E-state index in [0.29, 0.717) is 17.9 Å². The third-order valence-electron chi connectivity index (χ3n) is 3.75. The SMILES string of the molecule is O=C(O)Cc1cc(OCc2ccccc2)cc(-c2ccc(F)cc2)c1. The number of benzene rings is 3. The summed E-state index contributed by atoms with van der Waals surface area (Å²) in [6.07, 6.45) is -0.100. The fraction of sp³-hybridized carbons (Fsp3) is 0.0952. The van der Waals surface area contributed by atoms with Gasteiger partial charge in [0.2, 0.25) is 0 Å². The molecule has 0 fully saturated rings. The van der Waals surface area contributed by atoms with Crippen LogP contribution in [0.3, 0.4) is 0 Å². The molecule has 3 aromatic carbocycles. The maximum atomic E-state index is 13.1. The van der Waals surface area contributed by atoms with Crippen LogP contribution in [-0.2, 0) is 17.8 Å². The minimum atomic E-state index is -0.912. The van der Waals surface area contributed by atoms with E-state index in [4.69, 9.17) is 9.84 Å². The van der Waals surface area contributed by atoms with Gasteiger partial charge in [-0.25, -0.2) is 4.39 Å². The lowest BCUT2D eigenvalue weighted by Crippen LogP contribution is -2.02. The van der Waals surface area contributed by atoms with Crippen molar-refractivity contribution in [2.24, 2.45) is 0 Å². The van der Waals surface area contributed by atoms with E-state index in [-0.39, 0.29) is 12.2 Å². The molecule has 0 aliphatic heterocycles. The zero-order chi connectivity index (χ0) is 17.6. The highest BCUT2D eigenvalue weighted by Gasteiger charge is 2.08. The molecule has 3 aromatic rings. The molecule has 0 aliphatic rings. The van der Waals surface area contributed by atoms with Crippen LogP contribution in [0.15, 0.2) is 72.8 Å². The topological polar surface area (TPSA) is 46.5 Å². The number of rotatable bonds is 6. The number of carboxylic acid groups (broad SMARTS) is 1. The summed E-state index contributed by atoms with van der Waals surface area (Å²) in [6, 6.07) is 21.2. The number of hydrogen-bond acceptors (Lipinski definition) is 2. The highest BCUT2D eigenvalue weighted by atomic mass is 19.1. The molecular formula is C21H17FO3. The first-order valence-electron chi connectivity index (χ1n) is 7.88. The van der Waals surface area contributed by atoms with Gasteiger partial charge in [-0.05, 0) is 46.5 Å². The molecule has 0 atom stereocenters. The lowest BCUT2D eigenvalue weighted by Gasteiger charge is -2.11. The second kappa shape index (κ2) is 7.62. The Morgan fingerprint density at radius 3 is 2.28 bits per heavy atom. The minimum absolute atomic E-state index is 0.100. The average molecular weight is 336 g/mol. The van der Waals surface area contributed by atoms with Crippen LogP contribution in [0.5, 0.6) is 5.75 Å². The predicted molar refractivity (Wildman–Crippen MR) is 93.9 cm³/mol. The van der Waals surface area contributed by atoms with Crippen LogP contribution in [-0.4, -0.2) is 11.1 Å². The normalized spacial score (nSPS) is 10.4. The summed E-state index contributed by atoms with van der Waals surface area (Å²) in [7, 11) is 0.